The lowest BCUT2D eigenvalue weighted by atomic mass is 10.1. The van der Waals surface area contributed by atoms with Gasteiger partial charge in [0, 0.05) is 12.2 Å². The normalized spacial score (nSPS) is 10.1. The Labute approximate surface area is 113 Å². The number of anilines is 1. The maximum absolute atomic E-state index is 12.4. The van der Waals surface area contributed by atoms with Gasteiger partial charge in [-0.2, -0.15) is 0 Å². The number of methoxy groups -OCH3 is 1. The summed E-state index contributed by atoms with van der Waals surface area (Å²) in [5.74, 6) is -0.679. The third-order valence-electron chi connectivity index (χ3n) is 2.77. The van der Waals surface area contributed by atoms with Gasteiger partial charge in [-0.1, -0.05) is 18.6 Å². The topological polar surface area (TPSA) is 72.6 Å². The summed E-state index contributed by atoms with van der Waals surface area (Å²) >= 11 is 0. The van der Waals surface area contributed by atoms with E-state index in [4.69, 9.17) is 5.73 Å². The molecule has 0 saturated carbocycles. The van der Waals surface area contributed by atoms with Gasteiger partial charge in [0.2, 0.25) is 0 Å². The van der Waals surface area contributed by atoms with E-state index in [0.717, 1.165) is 12.0 Å². The fourth-order valence-electron chi connectivity index (χ4n) is 1.77. The number of ether oxygens (including phenoxy) is 1. The van der Waals surface area contributed by atoms with Crippen LogP contribution in [0.4, 0.5) is 5.69 Å². The van der Waals surface area contributed by atoms with Crippen LogP contribution < -0.4 is 5.73 Å². The zero-order chi connectivity index (χ0) is 14.4. The Bertz CT molecular complexity index is 472. The monoisotopic (exact) mass is 264 g/mol. The zero-order valence-electron chi connectivity index (χ0n) is 11.6. The molecule has 0 radical (unpaired) electrons. The van der Waals surface area contributed by atoms with E-state index in [1.165, 1.54) is 12.0 Å². The molecular weight excluding hydrogens is 244 g/mol. The average molecular weight is 264 g/mol. The third-order valence-corrected chi connectivity index (χ3v) is 2.77. The van der Waals surface area contributed by atoms with Crippen LogP contribution in [0, 0.1) is 6.92 Å². The van der Waals surface area contributed by atoms with Crippen LogP contribution in [0.3, 0.4) is 0 Å². The van der Waals surface area contributed by atoms with E-state index in [-0.39, 0.29) is 12.5 Å². The maximum atomic E-state index is 12.4. The molecule has 19 heavy (non-hydrogen) atoms. The lowest BCUT2D eigenvalue weighted by Gasteiger charge is -2.21. The summed E-state index contributed by atoms with van der Waals surface area (Å²) in [5, 5.41) is 0. The number of benzene rings is 1. The molecular formula is C14H20N2O3. The molecule has 104 valence electrons. The molecule has 0 aliphatic heterocycles. The first-order valence-corrected chi connectivity index (χ1v) is 6.21. The molecule has 0 aromatic heterocycles. The fourth-order valence-corrected chi connectivity index (χ4v) is 1.77. The standard InChI is InChI=1S/C14H20N2O3/c1-4-7-16(9-13(17)19-3)14(18)11-8-10(2)5-6-12(11)15/h5-6,8H,4,7,9,15H2,1-3H3. The van der Waals surface area contributed by atoms with Crippen LogP contribution in [0.2, 0.25) is 0 Å². The second-order valence-corrected chi connectivity index (χ2v) is 4.39. The third kappa shape index (κ3) is 3.98. The van der Waals surface area contributed by atoms with Crippen LogP contribution in [-0.2, 0) is 9.53 Å². The van der Waals surface area contributed by atoms with Crippen molar-refractivity contribution in [2.45, 2.75) is 20.3 Å². The molecule has 1 aromatic rings. The number of hydrogen-bond donors (Lipinski definition) is 1. The quantitative estimate of drug-likeness (QED) is 0.647. The van der Waals surface area contributed by atoms with Crippen LogP contribution in [0.25, 0.3) is 0 Å². The molecule has 0 saturated heterocycles. The van der Waals surface area contributed by atoms with Gasteiger partial charge in [0.05, 0.1) is 12.7 Å². The van der Waals surface area contributed by atoms with Gasteiger partial charge in [-0.05, 0) is 25.5 Å². The molecule has 1 amide bonds. The summed E-state index contributed by atoms with van der Waals surface area (Å²) in [6.45, 7) is 4.26. The van der Waals surface area contributed by atoms with Crippen molar-refractivity contribution in [3.63, 3.8) is 0 Å². The van der Waals surface area contributed by atoms with Gasteiger partial charge in [0.15, 0.2) is 0 Å². The van der Waals surface area contributed by atoms with Crippen LogP contribution in [-0.4, -0.2) is 37.0 Å². The predicted octanol–water partition coefficient (Wildman–Crippen LogP) is 1.60. The highest BCUT2D eigenvalue weighted by molar-refractivity contribution is 6.00. The average Bonchev–Trinajstić information content (AvgIpc) is 2.40. The SMILES string of the molecule is CCCN(CC(=O)OC)C(=O)c1cc(C)ccc1N. The number of carbonyl (C=O) groups is 2. The number of nitrogens with two attached hydrogens (primary N) is 1. The summed E-state index contributed by atoms with van der Waals surface area (Å²) in [6, 6.07) is 5.28. The minimum absolute atomic E-state index is 0.0590. The molecule has 1 aromatic carbocycles. The Kier molecular flexibility index (Phi) is 5.36. The predicted molar refractivity (Wildman–Crippen MR) is 73.8 cm³/mol. The second-order valence-electron chi connectivity index (χ2n) is 4.39. The van der Waals surface area contributed by atoms with Crippen molar-refractivity contribution in [1.82, 2.24) is 4.90 Å². The minimum atomic E-state index is -0.437. The van der Waals surface area contributed by atoms with Crippen molar-refractivity contribution in [1.29, 1.82) is 0 Å². The van der Waals surface area contributed by atoms with Crippen LogP contribution in [0.1, 0.15) is 29.3 Å². The van der Waals surface area contributed by atoms with Gasteiger partial charge in [0.1, 0.15) is 6.54 Å². The lowest BCUT2D eigenvalue weighted by molar-refractivity contribution is -0.141. The molecule has 0 aliphatic rings. The minimum Gasteiger partial charge on any atom is -0.468 e. The second kappa shape index (κ2) is 6.78. The highest BCUT2D eigenvalue weighted by Gasteiger charge is 2.20. The van der Waals surface area contributed by atoms with Crippen LogP contribution in [0.5, 0.6) is 0 Å². The number of esters is 1. The summed E-state index contributed by atoms with van der Waals surface area (Å²) in [7, 11) is 1.30. The highest BCUT2D eigenvalue weighted by Crippen LogP contribution is 2.16. The Balaban J connectivity index is 2.98. The molecule has 5 nitrogen and oxygen atoms in total. The molecule has 0 unspecified atom stereocenters. The van der Waals surface area contributed by atoms with Gasteiger partial charge >= 0.3 is 5.97 Å². The first-order valence-electron chi connectivity index (χ1n) is 6.21. The Hall–Kier alpha value is -2.04. The number of amides is 1. The van der Waals surface area contributed by atoms with Crippen molar-refractivity contribution >= 4 is 17.6 Å². The van der Waals surface area contributed by atoms with Gasteiger partial charge in [-0.15, -0.1) is 0 Å². The molecule has 0 fully saturated rings. The van der Waals surface area contributed by atoms with Gasteiger partial charge in [-0.25, -0.2) is 0 Å². The highest BCUT2D eigenvalue weighted by atomic mass is 16.5. The Morgan fingerprint density at radius 2 is 2.05 bits per heavy atom. The van der Waals surface area contributed by atoms with Crippen LogP contribution in [0.15, 0.2) is 18.2 Å². The van der Waals surface area contributed by atoms with E-state index < -0.39 is 5.97 Å². The summed E-state index contributed by atoms with van der Waals surface area (Å²) in [5.41, 5.74) is 7.62. The van der Waals surface area contributed by atoms with E-state index in [1.807, 2.05) is 19.9 Å². The fraction of sp³-hybridized carbons (Fsp3) is 0.429. The van der Waals surface area contributed by atoms with Gasteiger partial charge in [0.25, 0.3) is 5.91 Å². The van der Waals surface area contributed by atoms with E-state index in [9.17, 15) is 9.59 Å². The van der Waals surface area contributed by atoms with Gasteiger partial charge in [-0.3, -0.25) is 9.59 Å². The van der Waals surface area contributed by atoms with Crippen molar-refractivity contribution in [2.24, 2.45) is 0 Å². The smallest absolute Gasteiger partial charge is 0.325 e. The largest absolute Gasteiger partial charge is 0.468 e. The van der Waals surface area contributed by atoms with Crippen molar-refractivity contribution in [2.75, 3.05) is 25.9 Å². The molecule has 0 atom stereocenters. The number of carbonyl (C=O) groups excluding carboxylic acids is 2. The Morgan fingerprint density at radius 1 is 1.37 bits per heavy atom. The van der Waals surface area contributed by atoms with E-state index in [0.29, 0.717) is 17.8 Å². The molecule has 5 heteroatoms. The number of aryl methyl sites for hydroxylation is 1. The number of nitrogens with zero attached hydrogens (tertiary/aromatic N) is 1. The molecule has 0 spiro atoms. The van der Waals surface area contributed by atoms with E-state index >= 15 is 0 Å². The maximum Gasteiger partial charge on any atom is 0.325 e. The molecule has 1 rings (SSSR count). The van der Waals surface area contributed by atoms with Gasteiger partial charge < -0.3 is 15.4 Å². The molecule has 2 N–H and O–H groups in total. The van der Waals surface area contributed by atoms with E-state index in [2.05, 4.69) is 4.74 Å². The first kappa shape index (κ1) is 15.0. The summed E-state index contributed by atoms with van der Waals surface area (Å²) < 4.78 is 4.60. The first-order chi connectivity index (χ1) is 8.99. The molecule has 0 aliphatic carbocycles. The number of rotatable bonds is 5. The van der Waals surface area contributed by atoms with Crippen molar-refractivity contribution < 1.29 is 14.3 Å². The van der Waals surface area contributed by atoms with E-state index in [1.54, 1.807) is 12.1 Å². The number of hydrogen-bond acceptors (Lipinski definition) is 4. The lowest BCUT2D eigenvalue weighted by Crippen LogP contribution is -2.37. The van der Waals surface area contributed by atoms with Crippen molar-refractivity contribution in [3.8, 4) is 0 Å². The number of nitrogen functional groups attached to an aromatic ring is 1. The molecule has 0 bridgehead atoms. The molecule has 0 heterocycles. The Morgan fingerprint density at radius 3 is 2.63 bits per heavy atom. The van der Waals surface area contributed by atoms with Crippen molar-refractivity contribution in [3.05, 3.63) is 29.3 Å². The van der Waals surface area contributed by atoms with Crippen LogP contribution >= 0.6 is 0 Å². The zero-order valence-corrected chi connectivity index (χ0v) is 11.6. The summed E-state index contributed by atoms with van der Waals surface area (Å²) in [4.78, 5) is 25.2. The summed E-state index contributed by atoms with van der Waals surface area (Å²) in [6.07, 6.45) is 0.758.